The van der Waals surface area contributed by atoms with Crippen LogP contribution in [0, 0.1) is 0 Å². The highest BCUT2D eigenvalue weighted by Gasteiger charge is 2.26. The van der Waals surface area contributed by atoms with Crippen molar-refractivity contribution < 1.29 is 19.0 Å². The summed E-state index contributed by atoms with van der Waals surface area (Å²) in [6.45, 7) is 7.65. The van der Waals surface area contributed by atoms with Crippen molar-refractivity contribution >= 4 is 17.7 Å². The molecule has 0 atom stereocenters. The number of fused-ring (bicyclic) bond motifs is 1. The minimum Gasteiger partial charge on any atom is -0.491 e. The van der Waals surface area contributed by atoms with Gasteiger partial charge in [0.2, 0.25) is 5.95 Å². The zero-order valence-corrected chi connectivity index (χ0v) is 17.4. The highest BCUT2D eigenvalue weighted by molar-refractivity contribution is 5.68. The standard InChI is InChI=1S/C21H28N4O4/c1-21(2,3)29-20(26)25-10-9-15-13-22-19(24-18(15)14-25)23-16-5-7-17(8-6-16)28-12-11-27-4/h5-8,13H,9-12,14H2,1-4H3,(H,22,23,24). The Bertz CT molecular complexity index is 834. The number of hydrogen-bond acceptors (Lipinski definition) is 7. The Labute approximate surface area is 171 Å². The summed E-state index contributed by atoms with van der Waals surface area (Å²) in [5.41, 5.74) is 2.22. The average molecular weight is 400 g/mol. The summed E-state index contributed by atoms with van der Waals surface area (Å²) in [7, 11) is 1.64. The summed E-state index contributed by atoms with van der Waals surface area (Å²) in [4.78, 5) is 23.0. The summed E-state index contributed by atoms with van der Waals surface area (Å²) < 4.78 is 16.0. The van der Waals surface area contributed by atoms with E-state index in [0.29, 0.717) is 38.7 Å². The molecule has 0 fully saturated rings. The van der Waals surface area contributed by atoms with E-state index in [4.69, 9.17) is 14.2 Å². The van der Waals surface area contributed by atoms with Crippen LogP contribution in [-0.4, -0.2) is 53.4 Å². The highest BCUT2D eigenvalue weighted by Crippen LogP contribution is 2.22. The number of carbonyl (C=O) groups is 1. The van der Waals surface area contributed by atoms with Crippen molar-refractivity contribution in [1.29, 1.82) is 0 Å². The van der Waals surface area contributed by atoms with Gasteiger partial charge in [-0.25, -0.2) is 14.8 Å². The molecule has 1 aromatic heterocycles. The van der Waals surface area contributed by atoms with Gasteiger partial charge in [0.1, 0.15) is 18.0 Å². The van der Waals surface area contributed by atoms with Crippen LogP contribution in [0.15, 0.2) is 30.5 Å². The SMILES string of the molecule is COCCOc1ccc(Nc2ncc3c(n2)CN(C(=O)OC(C)(C)C)CC3)cc1. The Morgan fingerprint density at radius 2 is 1.97 bits per heavy atom. The Hall–Kier alpha value is -2.87. The molecule has 29 heavy (non-hydrogen) atoms. The second kappa shape index (κ2) is 9.09. The van der Waals surface area contributed by atoms with E-state index in [9.17, 15) is 4.79 Å². The fourth-order valence-corrected chi connectivity index (χ4v) is 2.85. The Morgan fingerprint density at radius 3 is 2.66 bits per heavy atom. The Kier molecular flexibility index (Phi) is 6.53. The number of nitrogens with one attached hydrogen (secondary N) is 1. The Balaban J connectivity index is 1.63. The van der Waals surface area contributed by atoms with Crippen LogP contribution in [0.2, 0.25) is 0 Å². The summed E-state index contributed by atoms with van der Waals surface area (Å²) in [6.07, 6.45) is 2.21. The number of carbonyl (C=O) groups excluding carboxylic acids is 1. The van der Waals surface area contributed by atoms with Gasteiger partial charge in [0.15, 0.2) is 0 Å². The summed E-state index contributed by atoms with van der Waals surface area (Å²) in [6, 6.07) is 7.55. The molecule has 0 spiro atoms. The van der Waals surface area contributed by atoms with Crippen molar-refractivity contribution in [3.63, 3.8) is 0 Å². The lowest BCUT2D eigenvalue weighted by Gasteiger charge is -2.30. The first-order valence-corrected chi connectivity index (χ1v) is 9.65. The number of anilines is 2. The van der Waals surface area contributed by atoms with Crippen molar-refractivity contribution in [2.24, 2.45) is 0 Å². The molecule has 2 heterocycles. The van der Waals surface area contributed by atoms with Gasteiger partial charge in [-0.1, -0.05) is 0 Å². The molecule has 1 aliphatic heterocycles. The third-order valence-electron chi connectivity index (χ3n) is 4.26. The second-order valence-electron chi connectivity index (χ2n) is 7.81. The lowest BCUT2D eigenvalue weighted by atomic mass is 10.1. The first kappa shape index (κ1) is 20.9. The molecular formula is C21H28N4O4. The predicted molar refractivity (Wildman–Crippen MR) is 109 cm³/mol. The maximum absolute atomic E-state index is 12.4. The van der Waals surface area contributed by atoms with Gasteiger partial charge in [0.25, 0.3) is 0 Å². The quantitative estimate of drug-likeness (QED) is 0.742. The molecule has 2 aromatic rings. The third kappa shape index (κ3) is 6.05. The number of ether oxygens (including phenoxy) is 3. The molecule has 0 bridgehead atoms. The maximum atomic E-state index is 12.4. The largest absolute Gasteiger partial charge is 0.491 e. The monoisotopic (exact) mass is 400 g/mol. The van der Waals surface area contributed by atoms with E-state index in [1.165, 1.54) is 0 Å². The third-order valence-corrected chi connectivity index (χ3v) is 4.26. The number of methoxy groups -OCH3 is 1. The molecule has 1 aliphatic rings. The van der Waals surface area contributed by atoms with Crippen LogP contribution in [0.5, 0.6) is 5.75 Å². The van der Waals surface area contributed by atoms with Crippen LogP contribution in [0.25, 0.3) is 0 Å². The average Bonchev–Trinajstić information content (AvgIpc) is 2.68. The van der Waals surface area contributed by atoms with Crippen molar-refractivity contribution in [3.8, 4) is 5.75 Å². The number of aromatic nitrogens is 2. The smallest absolute Gasteiger partial charge is 0.410 e. The molecule has 1 amide bonds. The molecule has 8 heteroatoms. The molecule has 8 nitrogen and oxygen atoms in total. The number of rotatable bonds is 6. The highest BCUT2D eigenvalue weighted by atomic mass is 16.6. The molecule has 1 aromatic carbocycles. The fourth-order valence-electron chi connectivity index (χ4n) is 2.85. The molecule has 0 saturated carbocycles. The van der Waals surface area contributed by atoms with Crippen LogP contribution < -0.4 is 10.1 Å². The first-order valence-electron chi connectivity index (χ1n) is 9.65. The molecule has 3 rings (SSSR count). The van der Waals surface area contributed by atoms with Crippen LogP contribution in [0.1, 0.15) is 32.0 Å². The number of benzene rings is 1. The zero-order valence-electron chi connectivity index (χ0n) is 17.4. The Morgan fingerprint density at radius 1 is 1.21 bits per heavy atom. The van der Waals surface area contributed by atoms with Crippen molar-refractivity contribution in [2.45, 2.75) is 39.3 Å². The van der Waals surface area contributed by atoms with E-state index < -0.39 is 5.60 Å². The zero-order chi connectivity index (χ0) is 20.9. The lowest BCUT2D eigenvalue weighted by Crippen LogP contribution is -2.40. The van der Waals surface area contributed by atoms with Crippen LogP contribution >= 0.6 is 0 Å². The molecule has 0 aliphatic carbocycles. The number of hydrogen-bond donors (Lipinski definition) is 1. The topological polar surface area (TPSA) is 85.8 Å². The van der Waals surface area contributed by atoms with Crippen molar-refractivity contribution in [1.82, 2.24) is 14.9 Å². The van der Waals surface area contributed by atoms with E-state index in [1.54, 1.807) is 12.0 Å². The normalized spacial score (nSPS) is 13.6. The van der Waals surface area contributed by atoms with E-state index in [2.05, 4.69) is 15.3 Å². The molecule has 0 unspecified atom stereocenters. The van der Waals surface area contributed by atoms with E-state index in [1.807, 2.05) is 51.2 Å². The molecule has 156 valence electrons. The molecular weight excluding hydrogens is 372 g/mol. The lowest BCUT2D eigenvalue weighted by molar-refractivity contribution is 0.0220. The summed E-state index contributed by atoms with van der Waals surface area (Å²) in [5, 5.41) is 3.19. The second-order valence-corrected chi connectivity index (χ2v) is 7.81. The summed E-state index contributed by atoms with van der Waals surface area (Å²) >= 11 is 0. The van der Waals surface area contributed by atoms with Gasteiger partial charge in [-0.2, -0.15) is 0 Å². The first-order chi connectivity index (χ1) is 13.8. The van der Waals surface area contributed by atoms with Gasteiger partial charge in [-0.3, -0.25) is 0 Å². The number of nitrogens with zero attached hydrogens (tertiary/aromatic N) is 3. The van der Waals surface area contributed by atoms with Crippen LogP contribution in [-0.2, 0) is 22.4 Å². The van der Waals surface area contributed by atoms with Gasteiger partial charge >= 0.3 is 6.09 Å². The number of amides is 1. The summed E-state index contributed by atoms with van der Waals surface area (Å²) in [5.74, 6) is 1.26. The fraction of sp³-hybridized carbons (Fsp3) is 0.476. The van der Waals surface area contributed by atoms with E-state index >= 15 is 0 Å². The van der Waals surface area contributed by atoms with Gasteiger partial charge in [-0.15, -0.1) is 0 Å². The molecule has 1 N–H and O–H groups in total. The maximum Gasteiger partial charge on any atom is 0.410 e. The minimum atomic E-state index is -0.519. The van der Waals surface area contributed by atoms with Crippen LogP contribution in [0.4, 0.5) is 16.4 Å². The van der Waals surface area contributed by atoms with E-state index in [0.717, 1.165) is 22.7 Å². The van der Waals surface area contributed by atoms with Gasteiger partial charge in [0, 0.05) is 25.5 Å². The molecule has 0 saturated heterocycles. The van der Waals surface area contributed by atoms with Crippen molar-refractivity contribution in [2.75, 3.05) is 32.2 Å². The minimum absolute atomic E-state index is 0.319. The van der Waals surface area contributed by atoms with E-state index in [-0.39, 0.29) is 6.09 Å². The van der Waals surface area contributed by atoms with Gasteiger partial charge in [-0.05, 0) is 57.0 Å². The van der Waals surface area contributed by atoms with Crippen molar-refractivity contribution in [3.05, 3.63) is 41.7 Å². The van der Waals surface area contributed by atoms with Crippen LogP contribution in [0.3, 0.4) is 0 Å². The van der Waals surface area contributed by atoms with Gasteiger partial charge < -0.3 is 24.4 Å². The van der Waals surface area contributed by atoms with Gasteiger partial charge in [0.05, 0.1) is 18.8 Å². The predicted octanol–water partition coefficient (Wildman–Crippen LogP) is 3.54. The molecule has 0 radical (unpaired) electrons.